The lowest BCUT2D eigenvalue weighted by Crippen LogP contribution is -2.48. The maximum atomic E-state index is 12.8. The number of sulfonamides is 1. The molecule has 128 valence electrons. The average Bonchev–Trinajstić information content (AvgIpc) is 2.62. The minimum Gasteiger partial charge on any atom is -0.369 e. The van der Waals surface area contributed by atoms with Crippen LogP contribution >= 0.6 is 11.6 Å². The molecule has 0 bridgehead atoms. The number of benzene rings is 2. The van der Waals surface area contributed by atoms with E-state index < -0.39 is 10.0 Å². The highest BCUT2D eigenvalue weighted by Gasteiger charge is 2.30. The molecule has 0 N–H and O–H groups in total. The van der Waals surface area contributed by atoms with Crippen LogP contribution in [0.15, 0.2) is 53.4 Å². The highest BCUT2D eigenvalue weighted by molar-refractivity contribution is 7.89. The molecule has 0 saturated carbocycles. The van der Waals surface area contributed by atoms with Crippen LogP contribution in [0, 0.1) is 0 Å². The first-order valence-electron chi connectivity index (χ1n) is 8.11. The third kappa shape index (κ3) is 3.29. The topological polar surface area (TPSA) is 40.6 Å². The van der Waals surface area contributed by atoms with Gasteiger partial charge in [0.05, 0.1) is 5.02 Å². The fourth-order valence-corrected chi connectivity index (χ4v) is 5.00. The first-order valence-corrected chi connectivity index (χ1v) is 9.93. The Morgan fingerprint density at radius 3 is 2.25 bits per heavy atom. The van der Waals surface area contributed by atoms with Crippen molar-refractivity contribution in [3.05, 3.63) is 59.1 Å². The van der Waals surface area contributed by atoms with Gasteiger partial charge in [0.15, 0.2) is 0 Å². The number of aryl methyl sites for hydroxylation is 1. The normalized spacial score (nSPS) is 16.3. The largest absolute Gasteiger partial charge is 0.369 e. The molecule has 0 unspecified atom stereocenters. The Morgan fingerprint density at radius 1 is 0.958 bits per heavy atom. The average molecular weight is 365 g/mol. The summed E-state index contributed by atoms with van der Waals surface area (Å²) in [6.07, 6.45) is 0.967. The van der Waals surface area contributed by atoms with Crippen LogP contribution in [0.25, 0.3) is 0 Å². The van der Waals surface area contributed by atoms with Gasteiger partial charge in [-0.25, -0.2) is 8.42 Å². The lowest BCUT2D eigenvalue weighted by atomic mass is 10.1. The summed E-state index contributed by atoms with van der Waals surface area (Å²) in [5.74, 6) is 0. The molecule has 1 aliphatic rings. The molecule has 3 rings (SSSR count). The molecule has 0 aromatic heterocycles. The van der Waals surface area contributed by atoms with E-state index in [0.717, 1.165) is 6.42 Å². The maximum Gasteiger partial charge on any atom is 0.244 e. The second-order valence-corrected chi connectivity index (χ2v) is 8.12. The van der Waals surface area contributed by atoms with Crippen molar-refractivity contribution in [2.24, 2.45) is 0 Å². The van der Waals surface area contributed by atoms with Crippen molar-refractivity contribution in [3.63, 3.8) is 0 Å². The second-order valence-electron chi connectivity index (χ2n) is 5.80. The fourth-order valence-electron chi connectivity index (χ4n) is 3.08. The van der Waals surface area contributed by atoms with E-state index in [2.05, 4.69) is 24.0 Å². The smallest absolute Gasteiger partial charge is 0.244 e. The molecule has 24 heavy (non-hydrogen) atoms. The minimum absolute atomic E-state index is 0.189. The van der Waals surface area contributed by atoms with Gasteiger partial charge in [-0.1, -0.05) is 48.9 Å². The van der Waals surface area contributed by atoms with Gasteiger partial charge in [-0.2, -0.15) is 4.31 Å². The van der Waals surface area contributed by atoms with E-state index in [4.69, 9.17) is 11.6 Å². The zero-order chi connectivity index (χ0) is 17.2. The Hall–Kier alpha value is -1.56. The van der Waals surface area contributed by atoms with Crippen LogP contribution < -0.4 is 4.90 Å². The van der Waals surface area contributed by atoms with Crippen molar-refractivity contribution < 1.29 is 8.42 Å². The number of anilines is 1. The van der Waals surface area contributed by atoms with Crippen LogP contribution in [0.1, 0.15) is 12.5 Å². The van der Waals surface area contributed by atoms with Crippen LogP contribution in [0.4, 0.5) is 5.69 Å². The summed E-state index contributed by atoms with van der Waals surface area (Å²) in [6, 6.07) is 14.9. The zero-order valence-corrected chi connectivity index (χ0v) is 15.2. The van der Waals surface area contributed by atoms with Gasteiger partial charge in [-0.05, 0) is 30.2 Å². The molecule has 0 radical (unpaired) electrons. The van der Waals surface area contributed by atoms with E-state index in [0.29, 0.717) is 26.2 Å². The molecule has 1 fully saturated rings. The molecular formula is C18H21ClN2O2S. The summed E-state index contributed by atoms with van der Waals surface area (Å²) in [6.45, 7) is 4.43. The molecule has 1 saturated heterocycles. The molecule has 0 amide bonds. The van der Waals surface area contributed by atoms with Gasteiger partial charge in [-0.15, -0.1) is 0 Å². The van der Waals surface area contributed by atoms with Crippen LogP contribution in [0.5, 0.6) is 0 Å². The third-order valence-corrected chi connectivity index (χ3v) is 6.80. The number of halogens is 1. The minimum atomic E-state index is -3.54. The quantitative estimate of drug-likeness (QED) is 0.834. The number of rotatable bonds is 4. The van der Waals surface area contributed by atoms with Crippen molar-refractivity contribution in [1.29, 1.82) is 0 Å². The van der Waals surface area contributed by atoms with E-state index in [1.54, 1.807) is 24.3 Å². The Labute approximate surface area is 148 Å². The predicted octanol–water partition coefficient (Wildman–Crippen LogP) is 3.41. The van der Waals surface area contributed by atoms with Crippen molar-refractivity contribution in [3.8, 4) is 0 Å². The molecule has 6 heteroatoms. The van der Waals surface area contributed by atoms with Gasteiger partial charge in [0.25, 0.3) is 0 Å². The van der Waals surface area contributed by atoms with Gasteiger partial charge < -0.3 is 4.90 Å². The fraction of sp³-hybridized carbons (Fsp3) is 0.333. The Kier molecular flexibility index (Phi) is 5.13. The number of para-hydroxylation sites is 1. The summed E-state index contributed by atoms with van der Waals surface area (Å²) in [5, 5.41) is 0.274. The van der Waals surface area contributed by atoms with Crippen molar-refractivity contribution >= 4 is 27.3 Å². The number of piperazine rings is 1. The van der Waals surface area contributed by atoms with E-state index >= 15 is 0 Å². The Bertz CT molecular complexity index is 815. The number of hydrogen-bond donors (Lipinski definition) is 0. The molecule has 2 aromatic rings. The van der Waals surface area contributed by atoms with Gasteiger partial charge in [-0.3, -0.25) is 0 Å². The Balaban J connectivity index is 1.77. The van der Waals surface area contributed by atoms with Crippen LogP contribution in [-0.4, -0.2) is 38.9 Å². The Morgan fingerprint density at radius 2 is 1.58 bits per heavy atom. The van der Waals surface area contributed by atoms with Crippen LogP contribution in [0.3, 0.4) is 0 Å². The predicted molar refractivity (Wildman–Crippen MR) is 98.2 cm³/mol. The molecule has 1 aliphatic heterocycles. The van der Waals surface area contributed by atoms with Gasteiger partial charge in [0, 0.05) is 31.9 Å². The zero-order valence-electron chi connectivity index (χ0n) is 13.7. The highest BCUT2D eigenvalue weighted by atomic mass is 35.5. The first kappa shape index (κ1) is 17.3. The van der Waals surface area contributed by atoms with E-state index in [-0.39, 0.29) is 9.92 Å². The van der Waals surface area contributed by atoms with Gasteiger partial charge in [0.2, 0.25) is 10.0 Å². The van der Waals surface area contributed by atoms with E-state index in [1.165, 1.54) is 15.6 Å². The van der Waals surface area contributed by atoms with Gasteiger partial charge in [0.1, 0.15) is 4.90 Å². The molecule has 0 aliphatic carbocycles. The van der Waals surface area contributed by atoms with Crippen LogP contribution in [0.2, 0.25) is 5.02 Å². The summed E-state index contributed by atoms with van der Waals surface area (Å²) in [7, 11) is -3.54. The summed E-state index contributed by atoms with van der Waals surface area (Å²) in [5.41, 5.74) is 2.50. The summed E-state index contributed by atoms with van der Waals surface area (Å²) in [4.78, 5) is 2.45. The van der Waals surface area contributed by atoms with Crippen LogP contribution in [-0.2, 0) is 16.4 Å². The third-order valence-electron chi connectivity index (χ3n) is 4.41. The summed E-state index contributed by atoms with van der Waals surface area (Å²) < 4.78 is 27.1. The summed E-state index contributed by atoms with van der Waals surface area (Å²) >= 11 is 6.08. The molecule has 2 aromatic carbocycles. The molecule has 1 heterocycles. The molecular weight excluding hydrogens is 344 g/mol. The SMILES string of the molecule is CCc1ccccc1N1CCN(S(=O)(=O)c2ccccc2Cl)CC1. The molecule has 0 spiro atoms. The molecule has 0 atom stereocenters. The first-order chi connectivity index (χ1) is 11.5. The van der Waals surface area contributed by atoms with E-state index in [9.17, 15) is 8.42 Å². The lowest BCUT2D eigenvalue weighted by molar-refractivity contribution is 0.384. The second kappa shape index (κ2) is 7.13. The van der Waals surface area contributed by atoms with Crippen molar-refractivity contribution in [2.75, 3.05) is 31.1 Å². The highest BCUT2D eigenvalue weighted by Crippen LogP contribution is 2.27. The number of hydrogen-bond acceptors (Lipinski definition) is 3. The number of nitrogens with zero attached hydrogens (tertiary/aromatic N) is 2. The van der Waals surface area contributed by atoms with E-state index in [1.807, 2.05) is 12.1 Å². The van der Waals surface area contributed by atoms with Crippen molar-refractivity contribution in [1.82, 2.24) is 4.31 Å². The van der Waals surface area contributed by atoms with Crippen molar-refractivity contribution in [2.45, 2.75) is 18.2 Å². The maximum absolute atomic E-state index is 12.8. The van der Waals surface area contributed by atoms with Gasteiger partial charge >= 0.3 is 0 Å². The molecule has 4 nitrogen and oxygen atoms in total. The lowest BCUT2D eigenvalue weighted by Gasteiger charge is -2.36. The standard InChI is InChI=1S/C18H21ClN2O2S/c1-2-15-7-3-5-9-17(15)20-11-13-21(14-12-20)24(22,23)18-10-6-4-8-16(18)19/h3-10H,2,11-14H2,1H3. The monoisotopic (exact) mass is 364 g/mol.